The number of ether oxygens (including phenoxy) is 1. The number of piperidine rings is 1. The van der Waals surface area contributed by atoms with Crippen LogP contribution in [-0.4, -0.2) is 49.3 Å². The second kappa shape index (κ2) is 4.30. The fourth-order valence-electron chi connectivity index (χ4n) is 9.19. The van der Waals surface area contributed by atoms with Gasteiger partial charge in [0.05, 0.1) is 44.1 Å². The second-order valence-corrected chi connectivity index (χ2v) is 9.93. The molecule has 1 aromatic carbocycles. The lowest BCUT2D eigenvalue weighted by molar-refractivity contribution is -0.936. The number of nitrogens with one attached hydrogen (secondary N) is 1. The second-order valence-electron chi connectivity index (χ2n) is 9.93. The third-order valence-electron chi connectivity index (χ3n) is 9.62. The van der Waals surface area contributed by atoms with E-state index in [9.17, 15) is 4.79 Å². The van der Waals surface area contributed by atoms with Crippen molar-refractivity contribution in [3.05, 3.63) is 29.8 Å². The predicted octanol–water partition coefficient (Wildman–Crippen LogP) is 2.93. The Hall–Kier alpha value is -1.55. The van der Waals surface area contributed by atoms with Gasteiger partial charge in [-0.25, -0.2) is 0 Å². The van der Waals surface area contributed by atoms with Crippen LogP contribution >= 0.6 is 0 Å². The number of quaternary nitrogens is 1. The van der Waals surface area contributed by atoms with E-state index in [-0.39, 0.29) is 28.3 Å². The van der Waals surface area contributed by atoms with Gasteiger partial charge < -0.3 is 14.5 Å². The number of nitrogens with zero attached hydrogens (tertiary/aromatic N) is 1. The molecule has 2 saturated heterocycles. The largest absolute Gasteiger partial charge is 0.469 e. The fraction of sp³-hybridized carbons (Fsp3) is 0.682. The smallest absolute Gasteiger partial charge is 0.311 e. The number of hydrogen-bond acceptors (Lipinski definition) is 3. The maximum atomic E-state index is 13.0. The molecular weight excluding hydrogens is 324 g/mol. The zero-order valence-electron chi connectivity index (χ0n) is 16.0. The standard InChI is InChI=1S/C22H29N2O2/c1-14-20-9-6-11-24(2)12-10-21(19(20)24)15-7-4-5-8-17(15)23-22(14,21)16(13-20)18(25)26-3/h4-5,7-8,14,16,19,23H,6,9-13H2,1-3H3/q+1/t14?,16?,19-,20?,21+,22?,24?/m0/s1. The lowest BCUT2D eigenvalue weighted by atomic mass is 9.56. The first-order chi connectivity index (χ1) is 12.5. The van der Waals surface area contributed by atoms with E-state index in [1.165, 1.54) is 48.1 Å². The molecule has 4 heteroatoms. The van der Waals surface area contributed by atoms with Gasteiger partial charge in [-0.1, -0.05) is 25.1 Å². The number of likely N-dealkylation sites (N-methyl/N-ethyl adjacent to an activating group) is 1. The highest BCUT2D eigenvalue weighted by Gasteiger charge is 2.89. The van der Waals surface area contributed by atoms with Crippen LogP contribution < -0.4 is 5.32 Å². The number of methoxy groups -OCH3 is 1. The van der Waals surface area contributed by atoms with Crippen molar-refractivity contribution in [3.8, 4) is 0 Å². The summed E-state index contributed by atoms with van der Waals surface area (Å²) in [5.74, 6) is 0.462. The van der Waals surface area contributed by atoms with Crippen LogP contribution in [0.25, 0.3) is 0 Å². The van der Waals surface area contributed by atoms with E-state index >= 15 is 0 Å². The van der Waals surface area contributed by atoms with Gasteiger partial charge in [0.15, 0.2) is 0 Å². The number of para-hydroxylation sites is 1. The van der Waals surface area contributed by atoms with Gasteiger partial charge >= 0.3 is 5.97 Å². The molecule has 138 valence electrons. The van der Waals surface area contributed by atoms with Crippen molar-refractivity contribution in [2.45, 2.75) is 49.6 Å². The van der Waals surface area contributed by atoms with E-state index in [0.717, 1.165) is 6.42 Å². The molecule has 3 heterocycles. The molecule has 7 atom stereocenters. The topological polar surface area (TPSA) is 38.3 Å². The molecule has 0 radical (unpaired) electrons. The molecule has 2 aliphatic carbocycles. The molecule has 26 heavy (non-hydrogen) atoms. The molecule has 2 saturated carbocycles. The van der Waals surface area contributed by atoms with Crippen molar-refractivity contribution in [1.29, 1.82) is 0 Å². The Balaban J connectivity index is 1.69. The summed E-state index contributed by atoms with van der Waals surface area (Å²) in [6, 6.07) is 9.52. The fourth-order valence-corrected chi connectivity index (χ4v) is 9.19. The SMILES string of the molecule is COC(=O)C1CC23CCC[N+]4(C)CC[C@@]5(c6ccccc6NC15C2C)[C@H]34. The van der Waals surface area contributed by atoms with Crippen LogP contribution in [0, 0.1) is 17.3 Å². The monoisotopic (exact) mass is 353 g/mol. The Bertz CT molecular complexity index is 839. The first kappa shape index (κ1) is 15.5. The minimum atomic E-state index is -0.172. The molecule has 0 amide bonds. The summed E-state index contributed by atoms with van der Waals surface area (Å²) in [5, 5.41) is 3.99. The van der Waals surface area contributed by atoms with E-state index < -0.39 is 0 Å². The van der Waals surface area contributed by atoms with Gasteiger partial charge in [-0.3, -0.25) is 4.79 Å². The number of carbonyl (C=O) groups is 1. The molecule has 3 aliphatic heterocycles. The molecule has 5 aliphatic rings. The highest BCUT2D eigenvalue weighted by molar-refractivity contribution is 5.82. The molecule has 3 spiro atoms. The maximum absolute atomic E-state index is 13.0. The number of rotatable bonds is 1. The summed E-state index contributed by atoms with van der Waals surface area (Å²) in [4.78, 5) is 13.0. The van der Waals surface area contributed by atoms with Crippen molar-refractivity contribution < 1.29 is 14.0 Å². The Morgan fingerprint density at radius 1 is 1.27 bits per heavy atom. The third-order valence-corrected chi connectivity index (χ3v) is 9.62. The van der Waals surface area contributed by atoms with Gasteiger partial charge in [-0.15, -0.1) is 0 Å². The summed E-state index contributed by atoms with van der Waals surface area (Å²) >= 11 is 0. The van der Waals surface area contributed by atoms with Crippen LogP contribution in [-0.2, 0) is 14.9 Å². The van der Waals surface area contributed by atoms with Crippen LogP contribution in [0.4, 0.5) is 5.69 Å². The number of anilines is 1. The normalized spacial score (nSPS) is 52.2. The van der Waals surface area contributed by atoms with Gasteiger partial charge in [0, 0.05) is 17.5 Å². The first-order valence-corrected chi connectivity index (χ1v) is 10.3. The summed E-state index contributed by atoms with van der Waals surface area (Å²) in [5.41, 5.74) is 2.92. The van der Waals surface area contributed by atoms with Crippen LogP contribution in [0.3, 0.4) is 0 Å². The van der Waals surface area contributed by atoms with Crippen molar-refractivity contribution >= 4 is 11.7 Å². The minimum Gasteiger partial charge on any atom is -0.469 e. The van der Waals surface area contributed by atoms with Crippen LogP contribution in [0.1, 0.15) is 38.2 Å². The Labute approximate surface area is 155 Å². The van der Waals surface area contributed by atoms with Gasteiger partial charge in [0.25, 0.3) is 0 Å². The lowest BCUT2D eigenvalue weighted by Crippen LogP contribution is -2.67. The van der Waals surface area contributed by atoms with Gasteiger partial charge in [0.2, 0.25) is 0 Å². The number of carbonyl (C=O) groups excluding carboxylic acids is 1. The lowest BCUT2D eigenvalue weighted by Gasteiger charge is -2.54. The molecular formula is C22H29N2O2+. The summed E-state index contributed by atoms with van der Waals surface area (Å²) < 4.78 is 6.56. The highest BCUT2D eigenvalue weighted by Crippen LogP contribution is 2.80. The average Bonchev–Trinajstić information content (AvgIpc) is 3.27. The molecule has 2 bridgehead atoms. The Kier molecular flexibility index (Phi) is 2.56. The number of esters is 1. The predicted molar refractivity (Wildman–Crippen MR) is 99.8 cm³/mol. The molecule has 5 unspecified atom stereocenters. The quantitative estimate of drug-likeness (QED) is 0.623. The first-order valence-electron chi connectivity index (χ1n) is 10.3. The Morgan fingerprint density at radius 2 is 2.08 bits per heavy atom. The molecule has 4 nitrogen and oxygen atoms in total. The van der Waals surface area contributed by atoms with Gasteiger partial charge in [0.1, 0.15) is 6.04 Å². The van der Waals surface area contributed by atoms with Crippen molar-refractivity contribution in [1.82, 2.24) is 0 Å². The summed E-state index contributed by atoms with van der Waals surface area (Å²) in [6.07, 6.45) is 4.76. The Morgan fingerprint density at radius 3 is 2.88 bits per heavy atom. The molecule has 1 aromatic rings. The number of benzene rings is 1. The van der Waals surface area contributed by atoms with Crippen molar-refractivity contribution in [2.75, 3.05) is 32.6 Å². The van der Waals surface area contributed by atoms with Crippen LogP contribution in [0.15, 0.2) is 24.3 Å². The summed E-state index contributed by atoms with van der Waals surface area (Å²) in [7, 11) is 4.06. The van der Waals surface area contributed by atoms with E-state index in [1.54, 1.807) is 7.11 Å². The number of hydrogen-bond donors (Lipinski definition) is 1. The third kappa shape index (κ3) is 1.24. The molecule has 6 rings (SSSR count). The minimum absolute atomic E-state index is 0.00136. The van der Waals surface area contributed by atoms with E-state index in [0.29, 0.717) is 12.0 Å². The van der Waals surface area contributed by atoms with Crippen LogP contribution in [0.2, 0.25) is 0 Å². The molecule has 0 aromatic heterocycles. The van der Waals surface area contributed by atoms with Crippen molar-refractivity contribution in [3.63, 3.8) is 0 Å². The van der Waals surface area contributed by atoms with Gasteiger partial charge in [-0.2, -0.15) is 0 Å². The van der Waals surface area contributed by atoms with E-state index in [1.807, 2.05) is 0 Å². The zero-order valence-corrected chi connectivity index (χ0v) is 16.0. The van der Waals surface area contributed by atoms with Crippen molar-refractivity contribution in [2.24, 2.45) is 17.3 Å². The van der Waals surface area contributed by atoms with E-state index in [2.05, 4.69) is 43.6 Å². The van der Waals surface area contributed by atoms with Gasteiger partial charge in [-0.05, 0) is 36.8 Å². The molecule has 4 fully saturated rings. The van der Waals surface area contributed by atoms with Crippen LogP contribution in [0.5, 0.6) is 0 Å². The highest BCUT2D eigenvalue weighted by atomic mass is 16.5. The molecule has 1 N–H and O–H groups in total. The maximum Gasteiger partial charge on any atom is 0.311 e. The van der Waals surface area contributed by atoms with E-state index in [4.69, 9.17) is 4.74 Å². The average molecular weight is 353 g/mol. The summed E-state index contributed by atoms with van der Waals surface area (Å²) in [6.45, 7) is 4.98. The zero-order chi connectivity index (χ0) is 17.9. The number of fused-ring (bicyclic) bond motifs is 1.